The lowest BCUT2D eigenvalue weighted by Gasteiger charge is -2.33. The van der Waals surface area contributed by atoms with E-state index < -0.39 is 28.5 Å². The molecule has 0 aliphatic rings. The maximum atomic E-state index is 14.0. The number of likely N-dealkylation sites (N-methyl/N-ethyl adjacent to an activating group) is 1. The van der Waals surface area contributed by atoms with E-state index in [4.69, 9.17) is 23.2 Å². The molecule has 10 heteroatoms. The Balaban J connectivity index is 2.10. The van der Waals surface area contributed by atoms with Crippen LogP contribution in [0.4, 0.5) is 5.69 Å². The van der Waals surface area contributed by atoms with Crippen LogP contribution in [0.25, 0.3) is 0 Å². The normalized spacial score (nSPS) is 12.1. The Morgan fingerprint density at radius 1 is 0.947 bits per heavy atom. The molecule has 1 atom stereocenters. The summed E-state index contributed by atoms with van der Waals surface area (Å²) < 4.78 is 28.9. The Bertz CT molecular complexity index is 1410. The zero-order chi connectivity index (χ0) is 28.0. The van der Waals surface area contributed by atoms with Crippen LogP contribution < -0.4 is 9.62 Å². The third kappa shape index (κ3) is 6.49. The minimum atomic E-state index is -4.12. The molecule has 3 aromatic rings. The number of sulfonamides is 1. The van der Waals surface area contributed by atoms with Crippen molar-refractivity contribution in [2.75, 3.05) is 17.9 Å². The maximum Gasteiger partial charge on any atom is 0.264 e. The molecule has 38 heavy (non-hydrogen) atoms. The number of halogens is 2. The van der Waals surface area contributed by atoms with Gasteiger partial charge in [-0.05, 0) is 67.3 Å². The summed E-state index contributed by atoms with van der Waals surface area (Å²) in [4.78, 5) is 28.2. The fourth-order valence-electron chi connectivity index (χ4n) is 4.16. The summed E-state index contributed by atoms with van der Waals surface area (Å²) >= 11 is 12.3. The van der Waals surface area contributed by atoms with Crippen molar-refractivity contribution in [1.29, 1.82) is 0 Å². The minimum absolute atomic E-state index is 0.0354. The Morgan fingerprint density at radius 3 is 2.24 bits per heavy atom. The number of benzene rings is 3. The van der Waals surface area contributed by atoms with Crippen molar-refractivity contribution in [1.82, 2.24) is 10.2 Å². The van der Waals surface area contributed by atoms with Crippen LogP contribution in [0.2, 0.25) is 10.0 Å². The summed E-state index contributed by atoms with van der Waals surface area (Å²) in [6, 6.07) is 17.4. The van der Waals surface area contributed by atoms with E-state index in [1.165, 1.54) is 24.1 Å². The monoisotopic (exact) mass is 575 g/mol. The molecule has 0 spiro atoms. The largest absolute Gasteiger partial charge is 0.357 e. The fourth-order valence-corrected chi connectivity index (χ4v) is 5.97. The summed E-state index contributed by atoms with van der Waals surface area (Å²) in [6.45, 7) is 5.01. The number of amides is 2. The van der Waals surface area contributed by atoms with Gasteiger partial charge >= 0.3 is 0 Å². The molecular formula is C28H31Cl2N3O4S. The molecule has 0 heterocycles. The minimum Gasteiger partial charge on any atom is -0.357 e. The molecule has 3 rings (SSSR count). The third-order valence-corrected chi connectivity index (χ3v) is 8.94. The van der Waals surface area contributed by atoms with Crippen molar-refractivity contribution in [3.05, 3.63) is 93.5 Å². The van der Waals surface area contributed by atoms with Crippen LogP contribution in [0.1, 0.15) is 30.0 Å². The lowest BCUT2D eigenvalue weighted by molar-refractivity contribution is -0.140. The second-order valence-electron chi connectivity index (χ2n) is 8.85. The second kappa shape index (κ2) is 12.7. The SMILES string of the molecule is CCC(C(=O)NC)N(Cc1ccc(Cl)c(Cl)c1)C(=O)CN(c1cccc(C)c1C)S(=O)(=O)c1ccccc1. The van der Waals surface area contributed by atoms with Gasteiger partial charge in [0.15, 0.2) is 0 Å². The Morgan fingerprint density at radius 2 is 1.63 bits per heavy atom. The Kier molecular flexibility index (Phi) is 9.82. The van der Waals surface area contributed by atoms with Crippen LogP contribution in [0, 0.1) is 13.8 Å². The van der Waals surface area contributed by atoms with E-state index in [-0.39, 0.29) is 17.3 Å². The van der Waals surface area contributed by atoms with Crippen molar-refractivity contribution in [2.45, 2.75) is 44.7 Å². The number of aryl methyl sites for hydroxylation is 1. The van der Waals surface area contributed by atoms with Gasteiger partial charge in [0.1, 0.15) is 12.6 Å². The van der Waals surface area contributed by atoms with Crippen LogP contribution in [0.15, 0.2) is 71.6 Å². The first-order valence-electron chi connectivity index (χ1n) is 12.1. The van der Waals surface area contributed by atoms with Gasteiger partial charge in [0, 0.05) is 13.6 Å². The van der Waals surface area contributed by atoms with Gasteiger partial charge in [-0.25, -0.2) is 8.42 Å². The molecule has 0 bridgehead atoms. The Hall–Kier alpha value is -3.07. The predicted molar refractivity (Wildman–Crippen MR) is 152 cm³/mol. The first-order valence-corrected chi connectivity index (χ1v) is 14.3. The standard InChI is InChI=1S/C28H31Cl2N3O4S/c1-5-25(28(35)31-4)32(17-21-14-15-23(29)24(30)16-21)27(34)18-33(26-13-9-10-19(2)20(26)3)38(36,37)22-11-7-6-8-12-22/h6-16,25H,5,17-18H2,1-4H3,(H,31,35). The highest BCUT2D eigenvalue weighted by Gasteiger charge is 2.34. The van der Waals surface area contributed by atoms with Gasteiger partial charge in [-0.2, -0.15) is 0 Å². The zero-order valence-electron chi connectivity index (χ0n) is 21.7. The number of hydrogen-bond acceptors (Lipinski definition) is 4. The molecule has 0 aliphatic heterocycles. The van der Waals surface area contributed by atoms with Gasteiger partial charge in [-0.15, -0.1) is 0 Å². The molecule has 202 valence electrons. The predicted octanol–water partition coefficient (Wildman–Crippen LogP) is 5.36. The van der Waals surface area contributed by atoms with Gasteiger partial charge < -0.3 is 10.2 Å². The van der Waals surface area contributed by atoms with Crippen molar-refractivity contribution in [3.8, 4) is 0 Å². The van der Waals surface area contributed by atoms with E-state index in [0.717, 1.165) is 15.4 Å². The van der Waals surface area contributed by atoms with Crippen LogP contribution >= 0.6 is 23.2 Å². The van der Waals surface area contributed by atoms with Crippen LogP contribution in [-0.4, -0.2) is 44.8 Å². The van der Waals surface area contributed by atoms with E-state index in [1.54, 1.807) is 55.5 Å². The van der Waals surface area contributed by atoms with Gasteiger partial charge in [-0.3, -0.25) is 13.9 Å². The van der Waals surface area contributed by atoms with E-state index >= 15 is 0 Å². The van der Waals surface area contributed by atoms with Gasteiger partial charge in [0.2, 0.25) is 11.8 Å². The average Bonchev–Trinajstić information content (AvgIpc) is 2.91. The molecule has 0 radical (unpaired) electrons. The highest BCUT2D eigenvalue weighted by molar-refractivity contribution is 7.92. The number of hydrogen-bond donors (Lipinski definition) is 1. The highest BCUT2D eigenvalue weighted by atomic mass is 35.5. The number of carbonyl (C=O) groups is 2. The molecular weight excluding hydrogens is 545 g/mol. The van der Waals surface area contributed by atoms with E-state index in [9.17, 15) is 18.0 Å². The summed E-state index contributed by atoms with van der Waals surface area (Å²) in [5, 5.41) is 3.28. The number of nitrogens with zero attached hydrogens (tertiary/aromatic N) is 2. The molecule has 0 saturated carbocycles. The molecule has 0 aromatic heterocycles. The number of anilines is 1. The topological polar surface area (TPSA) is 86.8 Å². The van der Waals surface area contributed by atoms with Crippen molar-refractivity contribution < 1.29 is 18.0 Å². The summed E-state index contributed by atoms with van der Waals surface area (Å²) in [6.07, 6.45) is 0.321. The summed E-state index contributed by atoms with van der Waals surface area (Å²) in [5.41, 5.74) is 2.66. The van der Waals surface area contributed by atoms with E-state index in [1.807, 2.05) is 19.9 Å². The number of rotatable bonds is 10. The molecule has 3 aromatic carbocycles. The third-order valence-electron chi connectivity index (χ3n) is 6.42. The number of carbonyl (C=O) groups excluding carboxylic acids is 2. The van der Waals surface area contributed by atoms with Crippen molar-refractivity contribution >= 4 is 50.7 Å². The summed E-state index contributed by atoms with van der Waals surface area (Å²) in [7, 11) is -2.62. The fraction of sp³-hybridized carbons (Fsp3) is 0.286. The highest BCUT2D eigenvalue weighted by Crippen LogP contribution is 2.29. The van der Waals surface area contributed by atoms with Gasteiger partial charge in [-0.1, -0.05) is 66.5 Å². The smallest absolute Gasteiger partial charge is 0.264 e. The second-order valence-corrected chi connectivity index (χ2v) is 11.5. The quantitative estimate of drug-likeness (QED) is 0.352. The maximum absolute atomic E-state index is 14.0. The molecule has 2 amide bonds. The number of nitrogens with one attached hydrogen (secondary N) is 1. The molecule has 1 unspecified atom stereocenters. The first-order chi connectivity index (χ1) is 18.0. The molecule has 0 aliphatic carbocycles. The average molecular weight is 577 g/mol. The van der Waals surface area contributed by atoms with Crippen LogP contribution in [-0.2, 0) is 26.2 Å². The summed E-state index contributed by atoms with van der Waals surface area (Å²) in [5.74, 6) is -0.892. The van der Waals surface area contributed by atoms with Gasteiger partial charge in [0.05, 0.1) is 20.6 Å². The van der Waals surface area contributed by atoms with E-state index in [0.29, 0.717) is 27.7 Å². The lowest BCUT2D eigenvalue weighted by atomic mass is 10.1. The van der Waals surface area contributed by atoms with Crippen molar-refractivity contribution in [3.63, 3.8) is 0 Å². The molecule has 0 saturated heterocycles. The molecule has 0 fully saturated rings. The van der Waals surface area contributed by atoms with Gasteiger partial charge in [0.25, 0.3) is 10.0 Å². The Labute approximate surface area is 234 Å². The lowest BCUT2D eigenvalue weighted by Crippen LogP contribution is -2.51. The first kappa shape index (κ1) is 29.5. The van der Waals surface area contributed by atoms with Crippen LogP contribution in [0.3, 0.4) is 0 Å². The molecule has 7 nitrogen and oxygen atoms in total. The zero-order valence-corrected chi connectivity index (χ0v) is 24.1. The van der Waals surface area contributed by atoms with Crippen LogP contribution in [0.5, 0.6) is 0 Å². The van der Waals surface area contributed by atoms with E-state index in [2.05, 4.69) is 5.32 Å². The molecule has 1 N–H and O–H groups in total. The van der Waals surface area contributed by atoms with Crippen molar-refractivity contribution in [2.24, 2.45) is 0 Å².